The van der Waals surface area contributed by atoms with Gasteiger partial charge in [0.25, 0.3) is 0 Å². The highest BCUT2D eigenvalue weighted by molar-refractivity contribution is 7.80. The zero-order valence-corrected chi connectivity index (χ0v) is 9.64. The van der Waals surface area contributed by atoms with E-state index >= 15 is 0 Å². The number of benzene rings is 1. The second kappa shape index (κ2) is 3.52. The van der Waals surface area contributed by atoms with Crippen LogP contribution in [0.2, 0.25) is 0 Å². The number of rotatable bonds is 1. The molecule has 2 rings (SSSR count). The van der Waals surface area contributed by atoms with E-state index in [0.717, 1.165) is 10.5 Å². The molecule has 1 aromatic heterocycles. The third-order valence-electron chi connectivity index (χ3n) is 2.12. The summed E-state index contributed by atoms with van der Waals surface area (Å²) in [7, 11) is 0. The Kier molecular flexibility index (Phi) is 2.54. The summed E-state index contributed by atoms with van der Waals surface area (Å²) >= 11 is 12.1. The van der Waals surface area contributed by atoms with Crippen LogP contribution in [0.15, 0.2) is 22.4 Å². The Morgan fingerprint density at radius 3 is 3.00 bits per heavy atom. The van der Waals surface area contributed by atoms with Gasteiger partial charge in [0.15, 0.2) is 0 Å². The molecule has 0 unspecified atom stereocenters. The molecule has 2 aromatic rings. The van der Waals surface area contributed by atoms with Crippen molar-refractivity contribution in [1.29, 1.82) is 0 Å². The molecule has 0 saturated heterocycles. The fourth-order valence-electron chi connectivity index (χ4n) is 1.47. The van der Waals surface area contributed by atoms with E-state index in [4.69, 9.17) is 11.6 Å². The van der Waals surface area contributed by atoms with Crippen LogP contribution in [0, 0.1) is 6.92 Å². The summed E-state index contributed by atoms with van der Waals surface area (Å²) in [4.78, 5) is 1.02. The number of alkyl halides is 1. The molecule has 0 amide bonds. The van der Waals surface area contributed by atoms with E-state index in [2.05, 4.69) is 37.1 Å². The summed E-state index contributed by atoms with van der Waals surface area (Å²) in [6.45, 7) is 2.11. The lowest BCUT2D eigenvalue weighted by molar-refractivity contribution is 1.29. The summed E-state index contributed by atoms with van der Waals surface area (Å²) in [5.41, 5.74) is 2.41. The molecule has 1 heterocycles. The average Bonchev–Trinajstić information content (AvgIpc) is 2.60. The Labute approximate surface area is 91.9 Å². The van der Waals surface area contributed by atoms with Gasteiger partial charge in [-0.05, 0) is 29.5 Å². The molecular formula is C10H9ClS2. The number of aryl methyl sites for hydroxylation is 1. The van der Waals surface area contributed by atoms with Gasteiger partial charge in [-0.15, -0.1) is 35.6 Å². The predicted molar refractivity (Wildman–Crippen MR) is 63.4 cm³/mol. The van der Waals surface area contributed by atoms with Crippen molar-refractivity contribution in [2.45, 2.75) is 17.7 Å². The van der Waals surface area contributed by atoms with Gasteiger partial charge in [-0.2, -0.15) is 0 Å². The minimum absolute atomic E-state index is 0.533. The normalized spacial score (nSPS) is 11.0. The van der Waals surface area contributed by atoms with Gasteiger partial charge in [-0.3, -0.25) is 0 Å². The Morgan fingerprint density at radius 2 is 2.31 bits per heavy atom. The van der Waals surface area contributed by atoms with Crippen molar-refractivity contribution < 1.29 is 0 Å². The van der Waals surface area contributed by atoms with Gasteiger partial charge in [0.2, 0.25) is 0 Å². The molecule has 0 aliphatic rings. The molecule has 0 fully saturated rings. The Morgan fingerprint density at radius 1 is 1.54 bits per heavy atom. The van der Waals surface area contributed by atoms with Crippen LogP contribution < -0.4 is 0 Å². The van der Waals surface area contributed by atoms with E-state index in [1.807, 2.05) is 0 Å². The topological polar surface area (TPSA) is 0 Å². The lowest BCUT2D eigenvalue weighted by Crippen LogP contribution is -1.84. The number of halogens is 1. The lowest BCUT2D eigenvalue weighted by Gasteiger charge is -2.05. The largest absolute Gasteiger partial charge is 0.143 e. The third kappa shape index (κ3) is 1.47. The van der Waals surface area contributed by atoms with Gasteiger partial charge in [0.1, 0.15) is 0 Å². The SMILES string of the molecule is Cc1cc(CCl)c(S)c2ccsc12. The maximum absolute atomic E-state index is 5.83. The third-order valence-corrected chi connectivity index (χ3v) is 3.98. The molecule has 13 heavy (non-hydrogen) atoms. The van der Waals surface area contributed by atoms with Crippen LogP contribution in [0.3, 0.4) is 0 Å². The van der Waals surface area contributed by atoms with Crippen LogP contribution in [-0.4, -0.2) is 0 Å². The van der Waals surface area contributed by atoms with E-state index in [1.165, 1.54) is 15.6 Å². The fourth-order valence-corrected chi connectivity index (χ4v) is 3.06. The Bertz CT molecular complexity index is 445. The summed E-state index contributed by atoms with van der Waals surface area (Å²) in [5.74, 6) is 0.533. The first kappa shape index (κ1) is 9.38. The molecule has 0 spiro atoms. The zero-order chi connectivity index (χ0) is 9.42. The highest BCUT2D eigenvalue weighted by Crippen LogP contribution is 2.33. The zero-order valence-electron chi connectivity index (χ0n) is 7.17. The first-order chi connectivity index (χ1) is 6.24. The van der Waals surface area contributed by atoms with Gasteiger partial charge in [-0.1, -0.05) is 6.07 Å². The molecule has 0 aliphatic heterocycles. The second-order valence-corrected chi connectivity index (χ2v) is 4.63. The second-order valence-electron chi connectivity index (χ2n) is 3.00. The van der Waals surface area contributed by atoms with Crippen molar-refractivity contribution in [2.75, 3.05) is 0 Å². The van der Waals surface area contributed by atoms with E-state index in [1.54, 1.807) is 11.3 Å². The van der Waals surface area contributed by atoms with E-state index in [0.29, 0.717) is 5.88 Å². The monoisotopic (exact) mass is 228 g/mol. The molecule has 0 saturated carbocycles. The van der Waals surface area contributed by atoms with E-state index < -0.39 is 0 Å². The van der Waals surface area contributed by atoms with Gasteiger partial charge in [-0.25, -0.2) is 0 Å². The van der Waals surface area contributed by atoms with Gasteiger partial charge >= 0.3 is 0 Å². The molecule has 68 valence electrons. The minimum Gasteiger partial charge on any atom is -0.143 e. The van der Waals surface area contributed by atoms with Crippen molar-refractivity contribution in [3.63, 3.8) is 0 Å². The molecule has 3 heteroatoms. The fraction of sp³-hybridized carbons (Fsp3) is 0.200. The van der Waals surface area contributed by atoms with Crippen LogP contribution in [-0.2, 0) is 5.88 Å². The summed E-state index contributed by atoms with van der Waals surface area (Å²) in [6, 6.07) is 4.22. The molecule has 0 N–H and O–H groups in total. The first-order valence-electron chi connectivity index (χ1n) is 3.98. The minimum atomic E-state index is 0.533. The molecule has 0 aliphatic carbocycles. The van der Waals surface area contributed by atoms with Crippen LogP contribution in [0.4, 0.5) is 0 Å². The van der Waals surface area contributed by atoms with Crippen LogP contribution in [0.1, 0.15) is 11.1 Å². The number of hydrogen-bond donors (Lipinski definition) is 1. The highest BCUT2D eigenvalue weighted by atomic mass is 35.5. The molecule has 0 radical (unpaired) electrons. The van der Waals surface area contributed by atoms with Crippen molar-refractivity contribution in [2.24, 2.45) is 0 Å². The van der Waals surface area contributed by atoms with Crippen molar-refractivity contribution in [3.8, 4) is 0 Å². The molecule has 0 atom stereocenters. The molecule has 0 bridgehead atoms. The molecule has 0 nitrogen and oxygen atoms in total. The maximum atomic E-state index is 5.83. The Hall–Kier alpha value is -0.180. The van der Waals surface area contributed by atoms with E-state index in [9.17, 15) is 0 Å². The first-order valence-corrected chi connectivity index (χ1v) is 5.84. The maximum Gasteiger partial charge on any atom is 0.0485 e. The van der Waals surface area contributed by atoms with Gasteiger partial charge in [0, 0.05) is 20.9 Å². The molecule has 1 aromatic carbocycles. The lowest BCUT2D eigenvalue weighted by atomic mass is 10.1. The number of hydrogen-bond acceptors (Lipinski definition) is 2. The van der Waals surface area contributed by atoms with Crippen LogP contribution in [0.5, 0.6) is 0 Å². The standard InChI is InChI=1S/C10H9ClS2/c1-6-4-7(5-11)9(12)8-2-3-13-10(6)8/h2-4,12H,5H2,1H3. The highest BCUT2D eigenvalue weighted by Gasteiger charge is 2.07. The van der Waals surface area contributed by atoms with E-state index in [-0.39, 0.29) is 0 Å². The quantitative estimate of drug-likeness (QED) is 0.548. The predicted octanol–water partition coefficient (Wildman–Crippen LogP) is 4.24. The average molecular weight is 229 g/mol. The van der Waals surface area contributed by atoms with Crippen molar-refractivity contribution >= 4 is 45.7 Å². The summed E-state index contributed by atoms with van der Waals surface area (Å²) < 4.78 is 1.32. The number of fused-ring (bicyclic) bond motifs is 1. The Balaban J connectivity index is 2.85. The summed E-state index contributed by atoms with van der Waals surface area (Å²) in [5, 5.41) is 3.32. The smallest absolute Gasteiger partial charge is 0.0485 e. The van der Waals surface area contributed by atoms with Crippen molar-refractivity contribution in [1.82, 2.24) is 0 Å². The van der Waals surface area contributed by atoms with Crippen LogP contribution in [0.25, 0.3) is 10.1 Å². The van der Waals surface area contributed by atoms with Crippen LogP contribution >= 0.6 is 35.6 Å². The number of thiophene rings is 1. The van der Waals surface area contributed by atoms with Gasteiger partial charge < -0.3 is 0 Å². The van der Waals surface area contributed by atoms with Gasteiger partial charge in [0.05, 0.1) is 0 Å². The number of thiol groups is 1. The van der Waals surface area contributed by atoms with Crippen molar-refractivity contribution in [3.05, 3.63) is 28.6 Å². The molecular weight excluding hydrogens is 220 g/mol. The summed E-state index contributed by atoms with van der Waals surface area (Å²) in [6.07, 6.45) is 0.